The van der Waals surface area contributed by atoms with Crippen LogP contribution in [0.3, 0.4) is 0 Å². The van der Waals surface area contributed by atoms with Crippen LogP contribution in [0.1, 0.15) is 44.2 Å². The Morgan fingerprint density at radius 2 is 1.56 bits per heavy atom. The number of amides is 2. The van der Waals surface area contributed by atoms with Gasteiger partial charge < -0.3 is 10.2 Å². The van der Waals surface area contributed by atoms with Gasteiger partial charge in [0.1, 0.15) is 12.6 Å². The van der Waals surface area contributed by atoms with E-state index >= 15 is 0 Å². The Hall–Kier alpha value is -3.36. The van der Waals surface area contributed by atoms with Crippen molar-refractivity contribution in [2.24, 2.45) is 0 Å². The minimum Gasteiger partial charge on any atom is -0.354 e. The maximum Gasteiger partial charge on any atom is 0.264 e. The Morgan fingerprint density at radius 1 is 0.923 bits per heavy atom. The van der Waals surface area contributed by atoms with E-state index in [4.69, 9.17) is 11.6 Å². The number of nitrogens with one attached hydrogen (secondary N) is 1. The van der Waals surface area contributed by atoms with E-state index in [9.17, 15) is 18.0 Å². The third kappa shape index (κ3) is 7.83. The molecule has 0 spiro atoms. The summed E-state index contributed by atoms with van der Waals surface area (Å²) in [6.45, 7) is 5.84. The summed E-state index contributed by atoms with van der Waals surface area (Å²) in [5.74, 6) is -0.786. The zero-order chi connectivity index (χ0) is 28.4. The molecule has 1 N–H and O–H groups in total. The Morgan fingerprint density at radius 3 is 2.18 bits per heavy atom. The van der Waals surface area contributed by atoms with Crippen molar-refractivity contribution in [3.63, 3.8) is 0 Å². The quantitative estimate of drug-likeness (QED) is 0.273. The molecule has 0 aromatic heterocycles. The van der Waals surface area contributed by atoms with Crippen LogP contribution in [0.15, 0.2) is 83.8 Å². The van der Waals surface area contributed by atoms with E-state index < -0.39 is 28.5 Å². The Kier molecular flexibility index (Phi) is 10.9. The first kappa shape index (κ1) is 30.2. The number of sulfonamides is 1. The first-order chi connectivity index (χ1) is 18.7. The summed E-state index contributed by atoms with van der Waals surface area (Å²) in [7, 11) is -4.09. The molecule has 0 aliphatic carbocycles. The Labute approximate surface area is 236 Å². The molecule has 1 atom stereocenters. The molecule has 0 saturated heterocycles. The summed E-state index contributed by atoms with van der Waals surface area (Å²) in [6, 6.07) is 21.3. The third-order valence-electron chi connectivity index (χ3n) is 6.45. The first-order valence-electron chi connectivity index (χ1n) is 13.1. The van der Waals surface area contributed by atoms with Gasteiger partial charge in [-0.05, 0) is 55.7 Å². The molecular weight excluding hydrogens is 534 g/mol. The molecule has 3 rings (SSSR count). The van der Waals surface area contributed by atoms with E-state index in [1.165, 1.54) is 17.0 Å². The topological polar surface area (TPSA) is 86.8 Å². The van der Waals surface area contributed by atoms with Crippen molar-refractivity contribution in [1.82, 2.24) is 10.2 Å². The van der Waals surface area contributed by atoms with Crippen molar-refractivity contribution in [3.8, 4) is 0 Å². The summed E-state index contributed by atoms with van der Waals surface area (Å²) >= 11 is 6.43. The molecule has 7 nitrogen and oxygen atoms in total. The van der Waals surface area contributed by atoms with Crippen LogP contribution in [0.2, 0.25) is 5.02 Å². The summed E-state index contributed by atoms with van der Waals surface area (Å²) in [6.07, 6.45) is 2.09. The molecular formula is C30H36ClN3O4S. The summed E-state index contributed by atoms with van der Waals surface area (Å²) in [5.41, 5.74) is 1.98. The van der Waals surface area contributed by atoms with Crippen LogP contribution >= 0.6 is 11.6 Å². The molecule has 0 aliphatic heterocycles. The molecule has 0 radical (unpaired) electrons. The van der Waals surface area contributed by atoms with E-state index in [1.54, 1.807) is 60.7 Å². The van der Waals surface area contributed by atoms with Crippen molar-refractivity contribution < 1.29 is 18.0 Å². The highest BCUT2D eigenvalue weighted by atomic mass is 35.5. The summed E-state index contributed by atoms with van der Waals surface area (Å²) in [5, 5.41) is 3.38. The number of carbonyl (C=O) groups excluding carboxylic acids is 2. The summed E-state index contributed by atoms with van der Waals surface area (Å²) < 4.78 is 28.7. The van der Waals surface area contributed by atoms with Gasteiger partial charge in [0.2, 0.25) is 11.8 Å². The van der Waals surface area contributed by atoms with Gasteiger partial charge in [-0.2, -0.15) is 0 Å². The smallest absolute Gasteiger partial charge is 0.264 e. The van der Waals surface area contributed by atoms with Gasteiger partial charge >= 0.3 is 0 Å². The van der Waals surface area contributed by atoms with Crippen molar-refractivity contribution in [2.45, 2.75) is 57.5 Å². The zero-order valence-corrected chi connectivity index (χ0v) is 24.2. The highest BCUT2D eigenvalue weighted by Gasteiger charge is 2.33. The van der Waals surface area contributed by atoms with Gasteiger partial charge in [-0.1, -0.05) is 86.0 Å². The lowest BCUT2D eigenvalue weighted by Crippen LogP contribution is -2.52. The predicted molar refractivity (Wildman–Crippen MR) is 156 cm³/mol. The molecule has 0 heterocycles. The van der Waals surface area contributed by atoms with Crippen molar-refractivity contribution in [2.75, 3.05) is 17.4 Å². The summed E-state index contributed by atoms with van der Waals surface area (Å²) in [4.78, 5) is 28.7. The van der Waals surface area contributed by atoms with Crippen LogP contribution < -0.4 is 9.62 Å². The number of aryl methyl sites for hydroxylation is 1. The van der Waals surface area contributed by atoms with E-state index in [-0.39, 0.29) is 17.3 Å². The number of carbonyl (C=O) groups is 2. The Balaban J connectivity index is 2.02. The average Bonchev–Trinajstić information content (AvgIpc) is 2.93. The van der Waals surface area contributed by atoms with Gasteiger partial charge in [-0.25, -0.2) is 8.42 Å². The van der Waals surface area contributed by atoms with E-state index in [1.807, 2.05) is 26.8 Å². The van der Waals surface area contributed by atoms with E-state index in [2.05, 4.69) is 5.32 Å². The molecule has 0 saturated carbocycles. The van der Waals surface area contributed by atoms with Gasteiger partial charge in [0, 0.05) is 18.1 Å². The van der Waals surface area contributed by atoms with Crippen molar-refractivity contribution in [3.05, 3.63) is 95.0 Å². The van der Waals surface area contributed by atoms with Gasteiger partial charge in [-0.3, -0.25) is 13.9 Å². The molecule has 9 heteroatoms. The average molecular weight is 570 g/mol. The molecule has 0 fully saturated rings. The monoisotopic (exact) mass is 569 g/mol. The maximum absolute atomic E-state index is 14.0. The van der Waals surface area contributed by atoms with E-state index in [0.717, 1.165) is 22.7 Å². The fraction of sp³-hybridized carbons (Fsp3) is 0.333. The second kappa shape index (κ2) is 14.1. The second-order valence-corrected chi connectivity index (χ2v) is 11.6. The van der Waals surface area contributed by atoms with Gasteiger partial charge in [0.25, 0.3) is 10.0 Å². The SMILES string of the molecule is CCCCNC(=O)[C@@H](CC)N(Cc1ccccc1Cl)C(=O)CN(c1ccc(C)cc1)S(=O)(=O)c1ccccc1. The largest absolute Gasteiger partial charge is 0.354 e. The first-order valence-corrected chi connectivity index (χ1v) is 15.0. The second-order valence-electron chi connectivity index (χ2n) is 9.34. The minimum atomic E-state index is -4.09. The number of unbranched alkanes of at least 4 members (excludes halogenated alkanes) is 1. The van der Waals surface area contributed by atoms with Crippen molar-refractivity contribution in [1.29, 1.82) is 0 Å². The number of benzene rings is 3. The van der Waals surface area contributed by atoms with Gasteiger partial charge in [0.05, 0.1) is 10.6 Å². The highest BCUT2D eigenvalue weighted by molar-refractivity contribution is 7.92. The number of hydrogen-bond donors (Lipinski definition) is 1. The number of hydrogen-bond acceptors (Lipinski definition) is 4. The Bertz CT molecular complexity index is 1350. The van der Waals surface area contributed by atoms with Crippen LogP contribution in [0.25, 0.3) is 0 Å². The lowest BCUT2D eigenvalue weighted by Gasteiger charge is -2.33. The number of nitrogens with zero attached hydrogens (tertiary/aromatic N) is 2. The molecule has 0 aliphatic rings. The predicted octanol–water partition coefficient (Wildman–Crippen LogP) is 5.57. The molecule has 2 amide bonds. The minimum absolute atomic E-state index is 0.0608. The lowest BCUT2D eigenvalue weighted by atomic mass is 10.1. The van der Waals surface area contributed by atoms with Crippen LogP contribution in [-0.4, -0.2) is 44.3 Å². The van der Waals surface area contributed by atoms with Crippen LogP contribution in [0.4, 0.5) is 5.69 Å². The molecule has 208 valence electrons. The normalized spacial score (nSPS) is 12.0. The number of halogens is 1. The van der Waals surface area contributed by atoms with Gasteiger partial charge in [0.15, 0.2) is 0 Å². The zero-order valence-electron chi connectivity index (χ0n) is 22.6. The molecule has 3 aromatic carbocycles. The standard InChI is InChI=1S/C30H36ClN3O4S/c1-4-6-20-32-30(36)28(5-2)33(21-24-12-10-11-15-27(24)31)29(35)22-34(25-18-16-23(3)17-19-25)39(37,38)26-13-8-7-9-14-26/h7-19,28H,4-6,20-22H2,1-3H3,(H,32,36)/t28-/m1/s1. The third-order valence-corrected chi connectivity index (χ3v) is 8.60. The number of anilines is 1. The molecule has 39 heavy (non-hydrogen) atoms. The lowest BCUT2D eigenvalue weighted by molar-refractivity contribution is -0.140. The fourth-order valence-corrected chi connectivity index (χ4v) is 5.83. The van der Waals surface area contributed by atoms with Crippen LogP contribution in [0, 0.1) is 6.92 Å². The van der Waals surface area contributed by atoms with Crippen LogP contribution in [-0.2, 0) is 26.2 Å². The number of rotatable bonds is 13. The molecule has 3 aromatic rings. The van der Waals surface area contributed by atoms with Crippen molar-refractivity contribution >= 4 is 39.1 Å². The molecule has 0 bridgehead atoms. The van der Waals surface area contributed by atoms with Gasteiger partial charge in [-0.15, -0.1) is 0 Å². The fourth-order valence-electron chi connectivity index (χ4n) is 4.20. The van der Waals surface area contributed by atoms with Crippen LogP contribution in [0.5, 0.6) is 0 Å². The maximum atomic E-state index is 14.0. The van der Waals surface area contributed by atoms with E-state index in [0.29, 0.717) is 29.2 Å². The molecule has 0 unspecified atom stereocenters. The highest BCUT2D eigenvalue weighted by Crippen LogP contribution is 2.26.